The van der Waals surface area contributed by atoms with E-state index in [4.69, 9.17) is 4.99 Å². The first-order chi connectivity index (χ1) is 14.5. The number of halogens is 1. The van der Waals surface area contributed by atoms with E-state index in [1.165, 1.54) is 0 Å². The quantitative estimate of drug-likeness (QED) is 0.316. The van der Waals surface area contributed by atoms with Gasteiger partial charge in [-0.2, -0.15) is 0 Å². The van der Waals surface area contributed by atoms with Crippen molar-refractivity contribution < 1.29 is 9.59 Å². The lowest BCUT2D eigenvalue weighted by molar-refractivity contribution is -0.133. The molecule has 2 fully saturated rings. The molecule has 1 atom stereocenters. The summed E-state index contributed by atoms with van der Waals surface area (Å²) in [7, 11) is 0. The zero-order valence-electron chi connectivity index (χ0n) is 18.9. The van der Waals surface area contributed by atoms with E-state index in [0.29, 0.717) is 19.5 Å². The van der Waals surface area contributed by atoms with Gasteiger partial charge in [-0.1, -0.05) is 38.1 Å². The summed E-state index contributed by atoms with van der Waals surface area (Å²) in [5, 5.41) is 6.78. The second-order valence-electron chi connectivity index (χ2n) is 8.50. The van der Waals surface area contributed by atoms with Crippen LogP contribution >= 0.6 is 24.0 Å². The smallest absolute Gasteiger partial charge is 0.225 e. The Balaban J connectivity index is 0.00000341. The van der Waals surface area contributed by atoms with Gasteiger partial charge < -0.3 is 20.4 Å². The SMILES string of the molecule is CCNC(=NCc1ccc(CN2CCCC2=O)cc1)NC1CCN(C(=O)C(C)C)C1.I. The maximum absolute atomic E-state index is 12.2. The number of guanidine groups is 1. The molecule has 0 spiro atoms. The molecule has 2 aliphatic heterocycles. The van der Waals surface area contributed by atoms with Crippen molar-refractivity contribution >= 4 is 41.8 Å². The third-order valence-corrected chi connectivity index (χ3v) is 5.67. The van der Waals surface area contributed by atoms with E-state index in [-0.39, 0.29) is 47.8 Å². The fraction of sp³-hybridized carbons (Fsp3) is 0.609. The number of carbonyl (C=O) groups is 2. The largest absolute Gasteiger partial charge is 0.357 e. The summed E-state index contributed by atoms with van der Waals surface area (Å²) in [6.07, 6.45) is 2.58. The van der Waals surface area contributed by atoms with Crippen molar-refractivity contribution in [3.8, 4) is 0 Å². The Kier molecular flexibility index (Phi) is 10.1. The Bertz CT molecular complexity index is 766. The van der Waals surface area contributed by atoms with Gasteiger partial charge in [0.05, 0.1) is 6.54 Å². The van der Waals surface area contributed by atoms with Crippen LogP contribution in [0.1, 0.15) is 51.2 Å². The average Bonchev–Trinajstić information content (AvgIpc) is 3.36. The second-order valence-corrected chi connectivity index (χ2v) is 8.50. The van der Waals surface area contributed by atoms with Crippen LogP contribution in [-0.2, 0) is 22.7 Å². The maximum Gasteiger partial charge on any atom is 0.225 e. The number of carbonyl (C=O) groups excluding carboxylic acids is 2. The van der Waals surface area contributed by atoms with Gasteiger partial charge in [0.2, 0.25) is 11.8 Å². The molecule has 2 heterocycles. The molecule has 1 unspecified atom stereocenters. The van der Waals surface area contributed by atoms with E-state index < -0.39 is 0 Å². The highest BCUT2D eigenvalue weighted by atomic mass is 127. The number of rotatable bonds is 7. The van der Waals surface area contributed by atoms with Crippen molar-refractivity contribution in [2.45, 2.75) is 59.2 Å². The number of amides is 2. The van der Waals surface area contributed by atoms with E-state index in [9.17, 15) is 9.59 Å². The number of hydrogen-bond donors (Lipinski definition) is 2. The van der Waals surface area contributed by atoms with Crippen molar-refractivity contribution in [1.82, 2.24) is 20.4 Å². The lowest BCUT2D eigenvalue weighted by atomic mass is 10.1. The molecule has 0 radical (unpaired) electrons. The van der Waals surface area contributed by atoms with Gasteiger partial charge in [-0.3, -0.25) is 9.59 Å². The maximum atomic E-state index is 12.2. The van der Waals surface area contributed by atoms with Crippen molar-refractivity contribution in [2.24, 2.45) is 10.9 Å². The summed E-state index contributed by atoms with van der Waals surface area (Å²) < 4.78 is 0. The van der Waals surface area contributed by atoms with Gasteiger partial charge in [0.1, 0.15) is 0 Å². The fourth-order valence-corrected chi connectivity index (χ4v) is 3.97. The van der Waals surface area contributed by atoms with Crippen LogP contribution in [0.5, 0.6) is 0 Å². The van der Waals surface area contributed by atoms with Crippen molar-refractivity contribution in [3.63, 3.8) is 0 Å². The highest BCUT2D eigenvalue weighted by Crippen LogP contribution is 2.15. The Morgan fingerprint density at radius 1 is 1.19 bits per heavy atom. The normalized spacial score (nSPS) is 19.0. The van der Waals surface area contributed by atoms with Gasteiger partial charge in [0.15, 0.2) is 5.96 Å². The van der Waals surface area contributed by atoms with Crippen molar-refractivity contribution in [2.75, 3.05) is 26.2 Å². The number of nitrogens with one attached hydrogen (secondary N) is 2. The van der Waals surface area contributed by atoms with Crippen LogP contribution in [0.15, 0.2) is 29.3 Å². The van der Waals surface area contributed by atoms with Gasteiger partial charge in [0, 0.05) is 51.1 Å². The second kappa shape index (κ2) is 12.3. The van der Waals surface area contributed by atoms with Crippen LogP contribution in [0.25, 0.3) is 0 Å². The molecule has 2 N–H and O–H groups in total. The van der Waals surface area contributed by atoms with Crippen molar-refractivity contribution in [3.05, 3.63) is 35.4 Å². The zero-order chi connectivity index (χ0) is 21.5. The van der Waals surface area contributed by atoms with Crippen LogP contribution < -0.4 is 10.6 Å². The Morgan fingerprint density at radius 3 is 2.52 bits per heavy atom. The predicted octanol–water partition coefficient (Wildman–Crippen LogP) is 2.74. The molecule has 0 saturated carbocycles. The summed E-state index contributed by atoms with van der Waals surface area (Å²) in [6.45, 7) is 10.4. The third-order valence-electron chi connectivity index (χ3n) is 5.67. The monoisotopic (exact) mass is 541 g/mol. The van der Waals surface area contributed by atoms with Crippen LogP contribution in [0.4, 0.5) is 0 Å². The molecule has 1 aromatic carbocycles. The first kappa shape index (κ1) is 25.4. The number of likely N-dealkylation sites (tertiary alicyclic amines) is 2. The average molecular weight is 541 g/mol. The van der Waals surface area contributed by atoms with E-state index in [0.717, 1.165) is 56.1 Å². The molecule has 0 bridgehead atoms. The molecule has 2 saturated heterocycles. The number of aliphatic imine (C=N–C) groups is 1. The first-order valence-corrected chi connectivity index (χ1v) is 11.2. The summed E-state index contributed by atoms with van der Waals surface area (Å²) >= 11 is 0. The highest BCUT2D eigenvalue weighted by Gasteiger charge is 2.28. The molecule has 1 aromatic rings. The molecule has 172 valence electrons. The zero-order valence-corrected chi connectivity index (χ0v) is 21.2. The van der Waals surface area contributed by atoms with Gasteiger partial charge >= 0.3 is 0 Å². The summed E-state index contributed by atoms with van der Waals surface area (Å²) in [5.41, 5.74) is 2.29. The highest BCUT2D eigenvalue weighted by molar-refractivity contribution is 14.0. The predicted molar refractivity (Wildman–Crippen MR) is 134 cm³/mol. The van der Waals surface area contributed by atoms with Crippen LogP contribution in [0, 0.1) is 5.92 Å². The molecular weight excluding hydrogens is 505 g/mol. The summed E-state index contributed by atoms with van der Waals surface area (Å²) in [6, 6.07) is 8.57. The Morgan fingerprint density at radius 2 is 1.90 bits per heavy atom. The minimum Gasteiger partial charge on any atom is -0.357 e. The van der Waals surface area contributed by atoms with Gasteiger partial charge in [0.25, 0.3) is 0 Å². The van der Waals surface area contributed by atoms with Crippen LogP contribution in [-0.4, -0.2) is 59.8 Å². The van der Waals surface area contributed by atoms with Crippen molar-refractivity contribution in [1.29, 1.82) is 0 Å². The van der Waals surface area contributed by atoms with E-state index in [1.807, 2.05) is 23.6 Å². The molecule has 2 amide bonds. The first-order valence-electron chi connectivity index (χ1n) is 11.2. The fourth-order valence-electron chi connectivity index (χ4n) is 3.97. The van der Waals surface area contributed by atoms with E-state index in [2.05, 4.69) is 41.8 Å². The molecule has 2 aliphatic rings. The van der Waals surface area contributed by atoms with Gasteiger partial charge in [-0.15, -0.1) is 24.0 Å². The standard InChI is InChI=1S/C23H35N5O2.HI/c1-4-24-23(26-20-11-13-28(16-20)22(30)17(2)3)25-14-18-7-9-19(10-8-18)15-27-12-5-6-21(27)29;/h7-10,17,20H,4-6,11-16H2,1-3H3,(H2,24,25,26);1H. The summed E-state index contributed by atoms with van der Waals surface area (Å²) in [4.78, 5) is 32.6. The van der Waals surface area contributed by atoms with Crippen LogP contribution in [0.3, 0.4) is 0 Å². The molecule has 3 rings (SSSR count). The lowest BCUT2D eigenvalue weighted by Crippen LogP contribution is -2.45. The molecule has 0 aliphatic carbocycles. The van der Waals surface area contributed by atoms with E-state index in [1.54, 1.807) is 0 Å². The van der Waals surface area contributed by atoms with Gasteiger partial charge in [-0.05, 0) is 30.9 Å². The molecule has 31 heavy (non-hydrogen) atoms. The number of nitrogens with zero attached hydrogens (tertiary/aromatic N) is 3. The Labute approximate surface area is 203 Å². The lowest BCUT2D eigenvalue weighted by Gasteiger charge is -2.20. The number of benzene rings is 1. The molecule has 0 aromatic heterocycles. The van der Waals surface area contributed by atoms with E-state index >= 15 is 0 Å². The van der Waals surface area contributed by atoms with Gasteiger partial charge in [-0.25, -0.2) is 4.99 Å². The Hall–Kier alpha value is -1.84. The molecule has 7 nitrogen and oxygen atoms in total. The minimum absolute atomic E-state index is 0. The van der Waals surface area contributed by atoms with Crippen LogP contribution in [0.2, 0.25) is 0 Å². The summed E-state index contributed by atoms with van der Waals surface area (Å²) in [5.74, 6) is 1.30. The third kappa shape index (κ3) is 7.36. The molecular formula is C23H36IN5O2. The minimum atomic E-state index is 0. The number of hydrogen-bond acceptors (Lipinski definition) is 3. The topological polar surface area (TPSA) is 77.0 Å². The molecule has 8 heteroatoms.